The molecule has 0 bridgehead atoms. The molecule has 9 heteroatoms. The maximum Gasteiger partial charge on any atom is 0.410 e. The predicted octanol–water partition coefficient (Wildman–Crippen LogP) is 4.44. The van der Waals surface area contributed by atoms with Gasteiger partial charge in [0.2, 0.25) is 0 Å². The van der Waals surface area contributed by atoms with Crippen LogP contribution < -0.4 is 10.1 Å². The van der Waals surface area contributed by atoms with Crippen molar-refractivity contribution in [1.29, 1.82) is 5.26 Å². The first kappa shape index (κ1) is 25.7. The monoisotopic (exact) mass is 452 g/mol. The normalized spacial score (nSPS) is 15.8. The molecular weight excluding hydrogens is 418 g/mol. The van der Waals surface area contributed by atoms with Gasteiger partial charge in [0.1, 0.15) is 23.5 Å². The van der Waals surface area contributed by atoms with Crippen LogP contribution in [0.2, 0.25) is 0 Å². The minimum Gasteiger partial charge on any atom is -0.492 e. The van der Waals surface area contributed by atoms with E-state index in [4.69, 9.17) is 14.7 Å². The molecule has 1 saturated heterocycles. The summed E-state index contributed by atoms with van der Waals surface area (Å²) < 4.78 is 39.5. The molecule has 1 heterocycles. The van der Waals surface area contributed by atoms with Gasteiger partial charge in [-0.05, 0) is 52.8 Å². The fourth-order valence-corrected chi connectivity index (χ4v) is 3.23. The summed E-state index contributed by atoms with van der Waals surface area (Å²) in [6, 6.07) is 6.55. The topological polar surface area (TPSA) is 77.8 Å². The number of anilines is 1. The van der Waals surface area contributed by atoms with E-state index in [2.05, 4.69) is 16.3 Å². The van der Waals surface area contributed by atoms with Gasteiger partial charge in [0, 0.05) is 45.3 Å². The Kier molecular flexibility index (Phi) is 7.94. The highest BCUT2D eigenvalue weighted by Crippen LogP contribution is 2.37. The molecule has 32 heavy (non-hydrogen) atoms. The van der Waals surface area contributed by atoms with Crippen molar-refractivity contribution in [3.63, 3.8) is 0 Å². The second-order valence-electron chi connectivity index (χ2n) is 9.62. The summed E-state index contributed by atoms with van der Waals surface area (Å²) in [5, 5.41) is 12.1. The number of amides is 1. The van der Waals surface area contributed by atoms with E-state index in [9.17, 15) is 13.6 Å². The lowest BCUT2D eigenvalue weighted by Crippen LogP contribution is -2.50. The lowest BCUT2D eigenvalue weighted by Gasteiger charge is -2.35. The van der Waals surface area contributed by atoms with E-state index in [1.165, 1.54) is 12.1 Å². The molecule has 0 aromatic heterocycles. The van der Waals surface area contributed by atoms with Crippen molar-refractivity contribution >= 4 is 11.8 Å². The zero-order valence-electron chi connectivity index (χ0n) is 19.8. The Labute approximate surface area is 189 Å². The molecule has 1 aliphatic rings. The van der Waals surface area contributed by atoms with Crippen LogP contribution in [0.3, 0.4) is 0 Å². The van der Waals surface area contributed by atoms with E-state index < -0.39 is 17.1 Å². The minimum atomic E-state index is -3.09. The number of halogens is 2. The van der Waals surface area contributed by atoms with Gasteiger partial charge < -0.3 is 19.7 Å². The zero-order chi connectivity index (χ0) is 24.2. The number of ether oxygens (including phenoxy) is 2. The highest BCUT2D eigenvalue weighted by molar-refractivity contribution is 5.68. The van der Waals surface area contributed by atoms with E-state index >= 15 is 0 Å². The van der Waals surface area contributed by atoms with Crippen LogP contribution in [-0.2, 0) is 10.7 Å². The Morgan fingerprint density at radius 2 is 1.75 bits per heavy atom. The van der Waals surface area contributed by atoms with Crippen LogP contribution in [0.25, 0.3) is 0 Å². The number of hydrogen-bond donors (Lipinski definition) is 1. The molecule has 2 rings (SSSR count). The van der Waals surface area contributed by atoms with Gasteiger partial charge in [0.05, 0.1) is 11.6 Å². The molecule has 178 valence electrons. The number of nitrogens with one attached hydrogen (secondary N) is 1. The first-order chi connectivity index (χ1) is 14.7. The fraction of sp³-hybridized carbons (Fsp3) is 0.652. The van der Waals surface area contributed by atoms with Crippen molar-refractivity contribution in [2.75, 3.05) is 44.6 Å². The van der Waals surface area contributed by atoms with E-state index in [1.54, 1.807) is 24.8 Å². The standard InChI is InChI=1S/C23H34F2N4O3/c1-21(2,3)32-20(30)29-11-9-28(10-12-29)13-14-31-19-8-7-17(27-22(4,5)16-26)15-18(19)23(6,24)25/h7-8,15,27H,9-14H2,1-6H3. The van der Waals surface area contributed by atoms with Crippen molar-refractivity contribution in [3.8, 4) is 11.8 Å². The molecule has 1 amide bonds. The average Bonchev–Trinajstić information content (AvgIpc) is 2.67. The van der Waals surface area contributed by atoms with Crippen LogP contribution in [0, 0.1) is 11.3 Å². The minimum absolute atomic E-state index is 0.116. The molecule has 1 aromatic rings. The zero-order valence-corrected chi connectivity index (χ0v) is 19.8. The molecule has 1 N–H and O–H groups in total. The quantitative estimate of drug-likeness (QED) is 0.659. The number of carbonyl (C=O) groups excluding carboxylic acids is 1. The second-order valence-corrected chi connectivity index (χ2v) is 9.62. The summed E-state index contributed by atoms with van der Waals surface area (Å²) in [5.74, 6) is -2.98. The average molecular weight is 453 g/mol. The first-order valence-electron chi connectivity index (χ1n) is 10.7. The predicted molar refractivity (Wildman–Crippen MR) is 119 cm³/mol. The van der Waals surface area contributed by atoms with Gasteiger partial charge in [-0.25, -0.2) is 13.6 Å². The van der Waals surface area contributed by atoms with Crippen molar-refractivity contribution < 1.29 is 23.0 Å². The highest BCUT2D eigenvalue weighted by Gasteiger charge is 2.30. The molecule has 0 atom stereocenters. The number of carbonyl (C=O) groups is 1. The van der Waals surface area contributed by atoms with Gasteiger partial charge in [-0.3, -0.25) is 4.90 Å². The molecule has 0 unspecified atom stereocenters. The Balaban J connectivity index is 1.91. The molecule has 0 radical (unpaired) electrons. The largest absolute Gasteiger partial charge is 0.492 e. The number of benzene rings is 1. The van der Waals surface area contributed by atoms with Crippen LogP contribution in [0.5, 0.6) is 5.75 Å². The lowest BCUT2D eigenvalue weighted by atomic mass is 10.0. The fourth-order valence-electron chi connectivity index (χ4n) is 3.23. The molecule has 1 aliphatic heterocycles. The van der Waals surface area contributed by atoms with Gasteiger partial charge in [-0.15, -0.1) is 0 Å². The van der Waals surface area contributed by atoms with Gasteiger partial charge >= 0.3 is 6.09 Å². The van der Waals surface area contributed by atoms with Crippen LogP contribution in [0.15, 0.2) is 18.2 Å². The van der Waals surface area contributed by atoms with Crippen LogP contribution in [0.1, 0.15) is 47.1 Å². The van der Waals surface area contributed by atoms with Crippen molar-refractivity contribution in [3.05, 3.63) is 23.8 Å². The summed E-state index contributed by atoms with van der Waals surface area (Å²) in [6.45, 7) is 12.9. The van der Waals surface area contributed by atoms with E-state index in [0.717, 1.165) is 6.92 Å². The van der Waals surface area contributed by atoms with Crippen molar-refractivity contribution in [2.24, 2.45) is 0 Å². The van der Waals surface area contributed by atoms with Gasteiger partial charge in [0.25, 0.3) is 5.92 Å². The molecule has 0 aliphatic carbocycles. The number of piperazine rings is 1. The van der Waals surface area contributed by atoms with E-state index in [-0.39, 0.29) is 24.0 Å². The molecule has 1 fully saturated rings. The maximum atomic E-state index is 14.2. The van der Waals surface area contributed by atoms with Crippen LogP contribution in [0.4, 0.5) is 19.3 Å². The number of nitriles is 1. The summed E-state index contributed by atoms with van der Waals surface area (Å²) >= 11 is 0. The summed E-state index contributed by atoms with van der Waals surface area (Å²) in [5.41, 5.74) is -1.22. The van der Waals surface area contributed by atoms with E-state index in [0.29, 0.717) is 38.4 Å². The SMILES string of the molecule is CC(C)(C#N)Nc1ccc(OCCN2CCN(C(=O)OC(C)(C)C)CC2)c(C(C)(F)F)c1. The Hall–Kier alpha value is -2.60. The number of nitrogens with zero attached hydrogens (tertiary/aromatic N) is 3. The number of hydrogen-bond acceptors (Lipinski definition) is 6. The first-order valence-corrected chi connectivity index (χ1v) is 10.7. The third-order valence-corrected chi connectivity index (χ3v) is 4.88. The number of alkyl halides is 2. The van der Waals surface area contributed by atoms with E-state index in [1.807, 2.05) is 20.8 Å². The molecule has 1 aromatic carbocycles. The Morgan fingerprint density at radius 1 is 1.12 bits per heavy atom. The smallest absolute Gasteiger partial charge is 0.410 e. The maximum absolute atomic E-state index is 14.2. The third-order valence-electron chi connectivity index (χ3n) is 4.88. The summed E-state index contributed by atoms with van der Waals surface area (Å²) in [4.78, 5) is 15.9. The molecule has 0 spiro atoms. The molecular formula is C23H34F2N4O3. The Morgan fingerprint density at radius 3 is 2.28 bits per heavy atom. The third kappa shape index (κ3) is 7.83. The Bertz CT molecular complexity index is 833. The van der Waals surface area contributed by atoms with Crippen LogP contribution in [-0.4, -0.2) is 66.4 Å². The summed E-state index contributed by atoms with van der Waals surface area (Å²) in [6.07, 6.45) is -0.323. The second kappa shape index (κ2) is 9.90. The molecule has 7 nitrogen and oxygen atoms in total. The molecule has 0 saturated carbocycles. The lowest BCUT2D eigenvalue weighted by molar-refractivity contribution is 0.0123. The van der Waals surface area contributed by atoms with Gasteiger partial charge in [0.15, 0.2) is 0 Å². The highest BCUT2D eigenvalue weighted by atomic mass is 19.3. The van der Waals surface area contributed by atoms with Crippen LogP contribution >= 0.6 is 0 Å². The van der Waals surface area contributed by atoms with Crippen molar-refractivity contribution in [1.82, 2.24) is 9.80 Å². The number of rotatable bonds is 7. The van der Waals surface area contributed by atoms with Gasteiger partial charge in [-0.2, -0.15) is 5.26 Å². The summed E-state index contributed by atoms with van der Waals surface area (Å²) in [7, 11) is 0. The van der Waals surface area contributed by atoms with Crippen molar-refractivity contribution in [2.45, 2.75) is 58.6 Å². The van der Waals surface area contributed by atoms with Gasteiger partial charge in [-0.1, -0.05) is 0 Å².